The molecular weight excluding hydrogens is 220 g/mol. The van der Waals surface area contributed by atoms with Crippen molar-refractivity contribution in [2.75, 3.05) is 0 Å². The summed E-state index contributed by atoms with van der Waals surface area (Å²) in [5.41, 5.74) is 12.6. The highest BCUT2D eigenvalue weighted by atomic mass is 15.1. The molecule has 0 atom stereocenters. The van der Waals surface area contributed by atoms with Crippen molar-refractivity contribution in [3.63, 3.8) is 0 Å². The lowest BCUT2D eigenvalue weighted by atomic mass is 10.1. The van der Waals surface area contributed by atoms with Crippen LogP contribution >= 0.6 is 0 Å². The third kappa shape index (κ3) is 1.53. The van der Waals surface area contributed by atoms with Crippen LogP contribution in [-0.2, 0) is 6.54 Å². The standard InChI is InChI=1S/C16H16N2/c1-11-6-5-9-15(12(11)2)18-10-13-7-3-4-8-14(13)16(18)17/h3-9,17H,10H2,1-2H3/p+1. The summed E-state index contributed by atoms with van der Waals surface area (Å²) in [6, 6.07) is 14.7. The van der Waals surface area contributed by atoms with Gasteiger partial charge in [0, 0.05) is 5.56 Å². The molecule has 1 aliphatic heterocycles. The average molecular weight is 237 g/mol. The fourth-order valence-electron chi connectivity index (χ4n) is 2.55. The van der Waals surface area contributed by atoms with E-state index in [1.807, 2.05) is 6.07 Å². The van der Waals surface area contributed by atoms with Gasteiger partial charge in [-0.1, -0.05) is 30.3 Å². The molecule has 1 aliphatic rings. The molecule has 90 valence electrons. The topological polar surface area (TPSA) is 29.0 Å². The maximum absolute atomic E-state index is 6.28. The number of nitrogens with zero attached hydrogens (tertiary/aromatic N) is 1. The van der Waals surface area contributed by atoms with E-state index in [2.05, 4.69) is 54.8 Å². The predicted octanol–water partition coefficient (Wildman–Crippen LogP) is 2.87. The van der Waals surface area contributed by atoms with Gasteiger partial charge >= 0.3 is 0 Å². The van der Waals surface area contributed by atoms with Gasteiger partial charge in [0.15, 0.2) is 0 Å². The molecule has 2 heteroatoms. The van der Waals surface area contributed by atoms with E-state index in [1.165, 1.54) is 27.9 Å². The smallest absolute Gasteiger partial charge is 0.280 e. The first-order valence-electron chi connectivity index (χ1n) is 6.23. The first-order chi connectivity index (χ1) is 8.68. The van der Waals surface area contributed by atoms with E-state index < -0.39 is 0 Å². The number of nitrogens with two attached hydrogens (primary N) is 1. The van der Waals surface area contributed by atoms with Gasteiger partial charge in [0.25, 0.3) is 5.84 Å². The van der Waals surface area contributed by atoms with E-state index in [0.29, 0.717) is 0 Å². The van der Waals surface area contributed by atoms with Gasteiger partial charge in [-0.3, -0.25) is 5.73 Å². The van der Waals surface area contributed by atoms with Crippen molar-refractivity contribution in [1.29, 1.82) is 0 Å². The Morgan fingerprint density at radius 2 is 1.78 bits per heavy atom. The fourth-order valence-corrected chi connectivity index (χ4v) is 2.55. The van der Waals surface area contributed by atoms with Crippen molar-refractivity contribution in [2.24, 2.45) is 5.73 Å². The molecule has 0 spiro atoms. The predicted molar refractivity (Wildman–Crippen MR) is 74.3 cm³/mol. The van der Waals surface area contributed by atoms with Crippen molar-refractivity contribution in [1.82, 2.24) is 0 Å². The van der Waals surface area contributed by atoms with Crippen molar-refractivity contribution in [3.05, 3.63) is 64.7 Å². The van der Waals surface area contributed by atoms with Gasteiger partial charge in [0.2, 0.25) is 0 Å². The number of amidine groups is 1. The van der Waals surface area contributed by atoms with Crippen LogP contribution in [0, 0.1) is 13.8 Å². The summed E-state index contributed by atoms with van der Waals surface area (Å²) in [5.74, 6) is 0.860. The Bertz CT molecular complexity index is 654. The van der Waals surface area contributed by atoms with E-state index in [-0.39, 0.29) is 0 Å². The Morgan fingerprint density at radius 3 is 2.56 bits per heavy atom. The highest BCUT2D eigenvalue weighted by Crippen LogP contribution is 2.27. The van der Waals surface area contributed by atoms with Crippen LogP contribution < -0.4 is 5.73 Å². The summed E-state index contributed by atoms with van der Waals surface area (Å²) in [4.78, 5) is 0. The molecule has 0 fully saturated rings. The maximum Gasteiger partial charge on any atom is 0.280 e. The van der Waals surface area contributed by atoms with Crippen LogP contribution in [0.1, 0.15) is 22.3 Å². The Balaban J connectivity index is 2.16. The normalized spacial score (nSPS) is 13.9. The zero-order chi connectivity index (χ0) is 12.7. The van der Waals surface area contributed by atoms with Gasteiger partial charge in [-0.05, 0) is 37.1 Å². The second-order valence-electron chi connectivity index (χ2n) is 4.85. The lowest BCUT2D eigenvalue weighted by Gasteiger charge is -2.08. The van der Waals surface area contributed by atoms with Crippen LogP contribution in [0.2, 0.25) is 0 Å². The highest BCUT2D eigenvalue weighted by molar-refractivity contribution is 5.97. The monoisotopic (exact) mass is 237 g/mol. The number of rotatable bonds is 1. The fraction of sp³-hybridized carbons (Fsp3) is 0.188. The van der Waals surface area contributed by atoms with E-state index >= 15 is 0 Å². The van der Waals surface area contributed by atoms with Gasteiger partial charge in [0.05, 0.1) is 5.56 Å². The summed E-state index contributed by atoms with van der Waals surface area (Å²) < 4.78 is 2.20. The highest BCUT2D eigenvalue weighted by Gasteiger charge is 2.26. The first kappa shape index (κ1) is 11.0. The molecule has 2 nitrogen and oxygen atoms in total. The molecule has 0 radical (unpaired) electrons. The molecule has 0 bridgehead atoms. The molecule has 0 saturated carbocycles. The molecular formula is C16H17N2+. The van der Waals surface area contributed by atoms with Crippen LogP contribution in [0.3, 0.4) is 0 Å². The molecule has 2 aromatic rings. The van der Waals surface area contributed by atoms with E-state index in [9.17, 15) is 0 Å². The van der Waals surface area contributed by atoms with E-state index in [1.54, 1.807) is 0 Å². The van der Waals surface area contributed by atoms with Gasteiger partial charge in [-0.2, -0.15) is 0 Å². The number of hydrogen-bond acceptors (Lipinski definition) is 1. The minimum atomic E-state index is 0.860. The molecule has 3 rings (SSSR count). The Morgan fingerprint density at radius 1 is 1.00 bits per heavy atom. The van der Waals surface area contributed by atoms with Crippen LogP contribution in [0.15, 0.2) is 42.5 Å². The Labute approximate surface area is 107 Å². The van der Waals surface area contributed by atoms with Crippen molar-refractivity contribution >= 4 is 11.5 Å². The minimum Gasteiger partial charge on any atom is -0.286 e. The van der Waals surface area contributed by atoms with Gasteiger partial charge in [-0.25, -0.2) is 4.58 Å². The van der Waals surface area contributed by atoms with Gasteiger partial charge < -0.3 is 0 Å². The van der Waals surface area contributed by atoms with Crippen LogP contribution in [0.25, 0.3) is 0 Å². The third-order valence-corrected chi connectivity index (χ3v) is 3.78. The lowest BCUT2D eigenvalue weighted by Crippen LogP contribution is -2.20. The first-order valence-corrected chi connectivity index (χ1v) is 6.23. The summed E-state index contributed by atoms with van der Waals surface area (Å²) in [6.45, 7) is 5.16. The number of hydrogen-bond donors (Lipinski definition) is 1. The minimum absolute atomic E-state index is 0.860. The van der Waals surface area contributed by atoms with E-state index in [0.717, 1.165) is 12.4 Å². The zero-order valence-electron chi connectivity index (χ0n) is 10.8. The number of fused-ring (bicyclic) bond motifs is 1. The summed E-state index contributed by atoms with van der Waals surface area (Å²) in [6.07, 6.45) is 0. The molecule has 2 aromatic carbocycles. The molecule has 0 aliphatic carbocycles. The van der Waals surface area contributed by atoms with Gasteiger partial charge in [-0.15, -0.1) is 0 Å². The second kappa shape index (κ2) is 3.98. The van der Waals surface area contributed by atoms with Crippen LogP contribution in [-0.4, -0.2) is 10.4 Å². The molecule has 0 unspecified atom stereocenters. The summed E-state index contributed by atoms with van der Waals surface area (Å²) >= 11 is 0. The third-order valence-electron chi connectivity index (χ3n) is 3.78. The summed E-state index contributed by atoms with van der Waals surface area (Å²) in [7, 11) is 0. The average Bonchev–Trinajstić information content (AvgIpc) is 2.71. The second-order valence-corrected chi connectivity index (χ2v) is 4.85. The molecule has 0 aromatic heterocycles. The Hall–Kier alpha value is -2.09. The molecule has 2 N–H and O–H groups in total. The van der Waals surface area contributed by atoms with Crippen molar-refractivity contribution in [3.8, 4) is 0 Å². The van der Waals surface area contributed by atoms with Crippen molar-refractivity contribution in [2.45, 2.75) is 20.4 Å². The number of aryl methyl sites for hydroxylation is 1. The lowest BCUT2D eigenvalue weighted by molar-refractivity contribution is -0.453. The van der Waals surface area contributed by atoms with Crippen LogP contribution in [0.4, 0.5) is 5.69 Å². The molecule has 1 heterocycles. The number of benzene rings is 2. The largest absolute Gasteiger partial charge is 0.286 e. The molecule has 18 heavy (non-hydrogen) atoms. The quantitative estimate of drug-likeness (QED) is 0.759. The van der Waals surface area contributed by atoms with E-state index in [4.69, 9.17) is 5.73 Å². The SMILES string of the molecule is Cc1cccc([N+]2=C(N)c3ccccc3C2)c1C. The zero-order valence-corrected chi connectivity index (χ0v) is 10.8. The van der Waals surface area contributed by atoms with Gasteiger partial charge in [0.1, 0.15) is 12.2 Å². The summed E-state index contributed by atoms with van der Waals surface area (Å²) in [5, 5.41) is 0. The van der Waals surface area contributed by atoms with Crippen LogP contribution in [0.5, 0.6) is 0 Å². The maximum atomic E-state index is 6.28. The Kier molecular flexibility index (Phi) is 2.44. The van der Waals surface area contributed by atoms with Crippen molar-refractivity contribution < 1.29 is 4.58 Å². The molecule has 0 saturated heterocycles. The molecule has 0 amide bonds.